The summed E-state index contributed by atoms with van der Waals surface area (Å²) in [6.45, 7) is 4.55. The van der Waals surface area contributed by atoms with Gasteiger partial charge in [0, 0.05) is 6.04 Å². The van der Waals surface area contributed by atoms with Crippen LogP contribution in [0.5, 0.6) is 5.75 Å². The summed E-state index contributed by atoms with van der Waals surface area (Å²) in [5.74, 6) is 0.407. The maximum atomic E-state index is 13.8. The highest BCUT2D eigenvalue weighted by molar-refractivity contribution is 6.31. The molecule has 1 unspecified atom stereocenters. The van der Waals surface area contributed by atoms with E-state index in [1.54, 1.807) is 12.1 Å². The molecule has 0 radical (unpaired) electrons. The Morgan fingerprint density at radius 2 is 1.90 bits per heavy atom. The molecule has 20 heavy (non-hydrogen) atoms. The Hall–Kier alpha value is -1.74. The number of hydrogen-bond donors (Lipinski definition) is 1. The van der Waals surface area contributed by atoms with Crippen LogP contribution in [0.3, 0.4) is 0 Å². The van der Waals surface area contributed by atoms with Crippen molar-refractivity contribution in [3.05, 3.63) is 58.9 Å². The molecule has 1 atom stereocenters. The van der Waals surface area contributed by atoms with Crippen LogP contribution in [-0.2, 0) is 0 Å². The van der Waals surface area contributed by atoms with Crippen LogP contribution in [0.15, 0.2) is 42.5 Å². The van der Waals surface area contributed by atoms with Gasteiger partial charge in [-0.3, -0.25) is 0 Å². The Morgan fingerprint density at radius 1 is 1.20 bits per heavy atom. The smallest absolute Gasteiger partial charge is 0.164 e. The molecule has 0 heterocycles. The molecule has 4 heteroatoms. The first kappa shape index (κ1) is 14.7. The SMILES string of the molecule is CCOc1ccc(C(C)Nc2cccc(Cl)c2F)cc1. The van der Waals surface area contributed by atoms with E-state index in [2.05, 4.69) is 5.32 Å². The molecule has 1 N–H and O–H groups in total. The Balaban J connectivity index is 2.11. The quantitative estimate of drug-likeness (QED) is 0.833. The Labute approximate surface area is 123 Å². The normalized spacial score (nSPS) is 12.0. The van der Waals surface area contributed by atoms with Crippen molar-refractivity contribution in [1.82, 2.24) is 0 Å². The number of ether oxygens (including phenoxy) is 1. The first-order chi connectivity index (χ1) is 9.61. The number of anilines is 1. The minimum atomic E-state index is -0.424. The second kappa shape index (κ2) is 6.62. The van der Waals surface area contributed by atoms with E-state index in [9.17, 15) is 4.39 Å². The van der Waals surface area contributed by atoms with E-state index in [-0.39, 0.29) is 11.1 Å². The van der Waals surface area contributed by atoms with E-state index < -0.39 is 5.82 Å². The van der Waals surface area contributed by atoms with Crippen LogP contribution in [0.2, 0.25) is 5.02 Å². The maximum Gasteiger partial charge on any atom is 0.164 e. The minimum Gasteiger partial charge on any atom is -0.494 e. The van der Waals surface area contributed by atoms with Crippen molar-refractivity contribution < 1.29 is 9.13 Å². The molecule has 0 saturated heterocycles. The second-order valence-electron chi connectivity index (χ2n) is 4.47. The summed E-state index contributed by atoms with van der Waals surface area (Å²) >= 11 is 5.77. The van der Waals surface area contributed by atoms with Crippen LogP contribution >= 0.6 is 11.6 Å². The average molecular weight is 294 g/mol. The van der Waals surface area contributed by atoms with Gasteiger partial charge in [-0.15, -0.1) is 0 Å². The van der Waals surface area contributed by atoms with Crippen LogP contribution < -0.4 is 10.1 Å². The number of nitrogens with one attached hydrogen (secondary N) is 1. The first-order valence-corrected chi connectivity index (χ1v) is 6.93. The molecule has 106 valence electrons. The van der Waals surface area contributed by atoms with Gasteiger partial charge in [-0.25, -0.2) is 4.39 Å². The number of rotatable bonds is 5. The zero-order valence-electron chi connectivity index (χ0n) is 11.5. The largest absolute Gasteiger partial charge is 0.494 e. The highest BCUT2D eigenvalue weighted by Crippen LogP contribution is 2.26. The molecule has 0 bridgehead atoms. The van der Waals surface area contributed by atoms with Crippen molar-refractivity contribution in [2.45, 2.75) is 19.9 Å². The van der Waals surface area contributed by atoms with E-state index in [0.717, 1.165) is 11.3 Å². The third kappa shape index (κ3) is 3.42. The van der Waals surface area contributed by atoms with Gasteiger partial charge in [-0.2, -0.15) is 0 Å². The molecule has 2 aromatic carbocycles. The highest BCUT2D eigenvalue weighted by atomic mass is 35.5. The lowest BCUT2D eigenvalue weighted by molar-refractivity contribution is 0.340. The number of hydrogen-bond acceptors (Lipinski definition) is 2. The lowest BCUT2D eigenvalue weighted by atomic mass is 10.1. The summed E-state index contributed by atoms with van der Waals surface area (Å²) in [4.78, 5) is 0. The minimum absolute atomic E-state index is 0.0290. The van der Waals surface area contributed by atoms with E-state index in [0.29, 0.717) is 12.3 Å². The fourth-order valence-corrected chi connectivity index (χ4v) is 2.13. The molecular weight excluding hydrogens is 277 g/mol. The number of halogens is 2. The molecule has 0 fully saturated rings. The summed E-state index contributed by atoms with van der Waals surface area (Å²) < 4.78 is 19.2. The van der Waals surface area contributed by atoms with Crippen LogP contribution in [0.25, 0.3) is 0 Å². The Morgan fingerprint density at radius 3 is 2.55 bits per heavy atom. The lowest BCUT2D eigenvalue weighted by Gasteiger charge is -2.17. The van der Waals surface area contributed by atoms with E-state index in [1.807, 2.05) is 38.1 Å². The van der Waals surface area contributed by atoms with E-state index >= 15 is 0 Å². The molecule has 0 aliphatic carbocycles. The third-order valence-corrected chi connectivity index (χ3v) is 3.31. The van der Waals surface area contributed by atoms with Crippen LogP contribution in [-0.4, -0.2) is 6.61 Å². The fourth-order valence-electron chi connectivity index (χ4n) is 1.95. The van der Waals surface area contributed by atoms with Crippen molar-refractivity contribution in [2.24, 2.45) is 0 Å². The molecule has 2 aromatic rings. The van der Waals surface area contributed by atoms with Gasteiger partial charge >= 0.3 is 0 Å². The fraction of sp³-hybridized carbons (Fsp3) is 0.250. The van der Waals surface area contributed by atoms with Gasteiger partial charge in [0.1, 0.15) is 5.75 Å². The van der Waals surface area contributed by atoms with Gasteiger partial charge in [0.05, 0.1) is 17.3 Å². The first-order valence-electron chi connectivity index (χ1n) is 6.55. The standard InChI is InChI=1S/C16H17ClFNO/c1-3-20-13-9-7-12(8-10-13)11(2)19-15-6-4-5-14(17)16(15)18/h4-11,19H,3H2,1-2H3. The molecule has 2 rings (SSSR count). The summed E-state index contributed by atoms with van der Waals surface area (Å²) in [7, 11) is 0. The van der Waals surface area contributed by atoms with Crippen LogP contribution in [0.1, 0.15) is 25.5 Å². The molecule has 0 aromatic heterocycles. The average Bonchev–Trinajstić information content (AvgIpc) is 2.45. The maximum absolute atomic E-state index is 13.8. The summed E-state index contributed by atoms with van der Waals surface area (Å²) in [6.07, 6.45) is 0. The van der Waals surface area contributed by atoms with E-state index in [1.165, 1.54) is 6.07 Å². The lowest BCUT2D eigenvalue weighted by Crippen LogP contribution is -2.08. The van der Waals surface area contributed by atoms with Crippen molar-refractivity contribution in [3.8, 4) is 5.75 Å². The van der Waals surface area contributed by atoms with Gasteiger partial charge in [0.15, 0.2) is 5.82 Å². The summed E-state index contributed by atoms with van der Waals surface area (Å²) in [5.41, 5.74) is 1.45. The van der Waals surface area contributed by atoms with Crippen LogP contribution in [0, 0.1) is 5.82 Å². The van der Waals surface area contributed by atoms with Gasteiger partial charge in [0.2, 0.25) is 0 Å². The molecule has 0 amide bonds. The second-order valence-corrected chi connectivity index (χ2v) is 4.88. The van der Waals surface area contributed by atoms with Crippen molar-refractivity contribution >= 4 is 17.3 Å². The van der Waals surface area contributed by atoms with Gasteiger partial charge in [-0.1, -0.05) is 29.8 Å². The monoisotopic (exact) mass is 293 g/mol. The predicted molar refractivity (Wildman–Crippen MR) is 81.1 cm³/mol. The molecule has 0 spiro atoms. The Kier molecular flexibility index (Phi) is 4.85. The molecule has 0 aliphatic rings. The van der Waals surface area contributed by atoms with Gasteiger partial charge < -0.3 is 10.1 Å². The molecular formula is C16H17ClFNO. The molecule has 0 aliphatic heterocycles. The Bertz CT molecular complexity index is 571. The van der Waals surface area contributed by atoms with Crippen LogP contribution in [0.4, 0.5) is 10.1 Å². The topological polar surface area (TPSA) is 21.3 Å². The van der Waals surface area contributed by atoms with Crippen molar-refractivity contribution in [1.29, 1.82) is 0 Å². The van der Waals surface area contributed by atoms with E-state index in [4.69, 9.17) is 16.3 Å². The molecule has 2 nitrogen and oxygen atoms in total. The summed E-state index contributed by atoms with van der Waals surface area (Å²) in [6, 6.07) is 12.6. The summed E-state index contributed by atoms with van der Waals surface area (Å²) in [5, 5.41) is 3.24. The van der Waals surface area contributed by atoms with Gasteiger partial charge in [-0.05, 0) is 43.7 Å². The highest BCUT2D eigenvalue weighted by Gasteiger charge is 2.10. The predicted octanol–water partition coefficient (Wildman–Crippen LogP) is 5.05. The molecule has 0 saturated carbocycles. The van der Waals surface area contributed by atoms with Gasteiger partial charge in [0.25, 0.3) is 0 Å². The van der Waals surface area contributed by atoms with Crippen molar-refractivity contribution in [2.75, 3.05) is 11.9 Å². The third-order valence-electron chi connectivity index (χ3n) is 3.01. The number of benzene rings is 2. The zero-order chi connectivity index (χ0) is 14.5. The zero-order valence-corrected chi connectivity index (χ0v) is 12.2. The van der Waals surface area contributed by atoms with Crippen molar-refractivity contribution in [3.63, 3.8) is 0 Å².